The average molecular weight is 302 g/mol. The minimum atomic E-state index is 0.0640. The smallest absolute Gasteiger partial charge is 0.161 e. The van der Waals surface area contributed by atoms with Gasteiger partial charge >= 0.3 is 0 Å². The molecular weight excluding hydrogens is 280 g/mol. The first kappa shape index (κ1) is 16.3. The van der Waals surface area contributed by atoms with Gasteiger partial charge in [0.15, 0.2) is 5.82 Å². The second-order valence-corrected chi connectivity index (χ2v) is 4.77. The summed E-state index contributed by atoms with van der Waals surface area (Å²) in [5.41, 5.74) is 1.96. The lowest BCUT2D eigenvalue weighted by Gasteiger charge is -2.09. The van der Waals surface area contributed by atoms with Crippen molar-refractivity contribution in [3.63, 3.8) is 0 Å². The lowest BCUT2D eigenvalue weighted by molar-refractivity contribution is 0.0922. The van der Waals surface area contributed by atoms with Crippen LogP contribution in [0.5, 0.6) is 0 Å². The number of aromatic nitrogens is 3. The third kappa shape index (κ3) is 5.05. The Balaban J connectivity index is 1.99. The van der Waals surface area contributed by atoms with E-state index in [0.29, 0.717) is 19.0 Å². The van der Waals surface area contributed by atoms with Gasteiger partial charge in [0.1, 0.15) is 5.82 Å². The van der Waals surface area contributed by atoms with Crippen molar-refractivity contribution >= 4 is 5.82 Å². The lowest BCUT2D eigenvalue weighted by Crippen LogP contribution is -2.09. The number of ether oxygens (including phenoxy) is 1. The number of aryl methyl sites for hydroxylation is 1. The lowest BCUT2D eigenvalue weighted by atomic mass is 10.2. The predicted molar refractivity (Wildman–Crippen MR) is 85.7 cm³/mol. The standard InChI is InChI=1S/C16H22N4O2/c1-2-14-12-15(18-6-3-10-22-11-9-21)20-16(19-14)13-4-7-17-8-5-13/h4-5,7-8,12,21H,2-3,6,9-11H2,1H3,(H,18,19,20). The van der Waals surface area contributed by atoms with Crippen molar-refractivity contribution in [3.05, 3.63) is 36.3 Å². The predicted octanol–water partition coefficient (Wildman–Crippen LogP) is 1.91. The highest BCUT2D eigenvalue weighted by Crippen LogP contribution is 2.17. The highest BCUT2D eigenvalue weighted by atomic mass is 16.5. The highest BCUT2D eigenvalue weighted by Gasteiger charge is 2.05. The molecule has 0 saturated carbocycles. The SMILES string of the molecule is CCc1cc(NCCCOCCO)nc(-c2ccncc2)n1. The van der Waals surface area contributed by atoms with E-state index in [9.17, 15) is 0 Å². The van der Waals surface area contributed by atoms with Gasteiger partial charge in [-0.1, -0.05) is 6.92 Å². The molecule has 2 aromatic heterocycles. The second-order valence-electron chi connectivity index (χ2n) is 4.77. The molecule has 0 atom stereocenters. The van der Waals surface area contributed by atoms with Gasteiger partial charge < -0.3 is 15.2 Å². The van der Waals surface area contributed by atoms with Crippen LogP contribution in [0.25, 0.3) is 11.4 Å². The monoisotopic (exact) mass is 302 g/mol. The summed E-state index contributed by atoms with van der Waals surface area (Å²) in [5, 5.41) is 11.9. The fourth-order valence-corrected chi connectivity index (χ4v) is 1.96. The van der Waals surface area contributed by atoms with Crippen LogP contribution in [0.3, 0.4) is 0 Å². The number of anilines is 1. The van der Waals surface area contributed by atoms with Crippen LogP contribution in [0.15, 0.2) is 30.6 Å². The first-order chi connectivity index (χ1) is 10.8. The molecule has 0 bridgehead atoms. The molecule has 0 amide bonds. The van der Waals surface area contributed by atoms with Crippen LogP contribution in [0.2, 0.25) is 0 Å². The number of hydrogen-bond donors (Lipinski definition) is 2. The van der Waals surface area contributed by atoms with Gasteiger partial charge in [-0.15, -0.1) is 0 Å². The van der Waals surface area contributed by atoms with Crippen LogP contribution in [0, 0.1) is 0 Å². The molecule has 0 saturated heterocycles. The Hall–Kier alpha value is -2.05. The Morgan fingerprint density at radius 3 is 2.73 bits per heavy atom. The zero-order chi connectivity index (χ0) is 15.6. The Kier molecular flexibility index (Phi) is 6.73. The van der Waals surface area contributed by atoms with Crippen molar-refractivity contribution in [2.45, 2.75) is 19.8 Å². The minimum absolute atomic E-state index is 0.0640. The molecule has 0 aliphatic heterocycles. The summed E-state index contributed by atoms with van der Waals surface area (Å²) in [6.07, 6.45) is 5.19. The number of rotatable bonds is 9. The second kappa shape index (κ2) is 9.07. The molecule has 2 aromatic rings. The zero-order valence-corrected chi connectivity index (χ0v) is 12.8. The highest BCUT2D eigenvalue weighted by molar-refractivity contribution is 5.56. The van der Waals surface area contributed by atoms with E-state index in [-0.39, 0.29) is 6.61 Å². The molecular formula is C16H22N4O2. The largest absolute Gasteiger partial charge is 0.394 e. The maximum absolute atomic E-state index is 8.64. The summed E-state index contributed by atoms with van der Waals surface area (Å²) in [6, 6.07) is 5.78. The van der Waals surface area contributed by atoms with Gasteiger partial charge in [-0.3, -0.25) is 4.98 Å². The molecule has 0 fully saturated rings. The molecule has 0 spiro atoms. The molecule has 0 aliphatic carbocycles. The molecule has 6 heteroatoms. The maximum Gasteiger partial charge on any atom is 0.161 e. The third-order valence-corrected chi connectivity index (χ3v) is 3.09. The van der Waals surface area contributed by atoms with E-state index in [0.717, 1.165) is 36.5 Å². The molecule has 0 unspecified atom stereocenters. The zero-order valence-electron chi connectivity index (χ0n) is 12.8. The number of hydrogen-bond acceptors (Lipinski definition) is 6. The summed E-state index contributed by atoms with van der Waals surface area (Å²) in [7, 11) is 0. The van der Waals surface area contributed by atoms with Crippen LogP contribution in [0.4, 0.5) is 5.82 Å². The molecule has 6 nitrogen and oxygen atoms in total. The van der Waals surface area contributed by atoms with Gasteiger partial charge in [0.05, 0.1) is 13.2 Å². The van der Waals surface area contributed by atoms with E-state index in [2.05, 4.69) is 27.2 Å². The molecule has 0 aromatic carbocycles. The van der Waals surface area contributed by atoms with Crippen molar-refractivity contribution in [3.8, 4) is 11.4 Å². The maximum atomic E-state index is 8.64. The Labute approximate surface area is 130 Å². The fourth-order valence-electron chi connectivity index (χ4n) is 1.96. The third-order valence-electron chi connectivity index (χ3n) is 3.09. The van der Waals surface area contributed by atoms with E-state index in [1.165, 1.54) is 0 Å². The van der Waals surface area contributed by atoms with Crippen LogP contribution in [-0.4, -0.2) is 46.4 Å². The molecule has 2 heterocycles. The topological polar surface area (TPSA) is 80.2 Å². The van der Waals surface area contributed by atoms with E-state index in [4.69, 9.17) is 9.84 Å². The Morgan fingerprint density at radius 1 is 1.18 bits per heavy atom. The van der Waals surface area contributed by atoms with Gasteiger partial charge in [0.2, 0.25) is 0 Å². The van der Waals surface area contributed by atoms with Crippen LogP contribution in [-0.2, 0) is 11.2 Å². The fraction of sp³-hybridized carbons (Fsp3) is 0.438. The summed E-state index contributed by atoms with van der Waals surface area (Å²) >= 11 is 0. The molecule has 22 heavy (non-hydrogen) atoms. The number of aliphatic hydroxyl groups excluding tert-OH is 1. The quantitative estimate of drug-likeness (QED) is 0.689. The van der Waals surface area contributed by atoms with E-state index >= 15 is 0 Å². The van der Waals surface area contributed by atoms with Crippen LogP contribution in [0.1, 0.15) is 19.0 Å². The molecule has 2 N–H and O–H groups in total. The van der Waals surface area contributed by atoms with E-state index < -0.39 is 0 Å². The number of pyridine rings is 1. The van der Waals surface area contributed by atoms with Gasteiger partial charge in [0.25, 0.3) is 0 Å². The summed E-state index contributed by atoms with van der Waals surface area (Å²) in [6.45, 7) is 3.91. The number of nitrogens with one attached hydrogen (secondary N) is 1. The van der Waals surface area contributed by atoms with E-state index in [1.807, 2.05) is 18.2 Å². The molecule has 0 radical (unpaired) electrons. The molecule has 0 aliphatic rings. The van der Waals surface area contributed by atoms with Crippen molar-refractivity contribution in [2.75, 3.05) is 31.7 Å². The van der Waals surface area contributed by atoms with Gasteiger partial charge in [-0.05, 0) is 25.0 Å². The molecule has 2 rings (SSSR count). The average Bonchev–Trinajstić information content (AvgIpc) is 2.58. The van der Waals surface area contributed by atoms with Gasteiger partial charge in [-0.2, -0.15) is 0 Å². The Bertz CT molecular complexity index is 563. The van der Waals surface area contributed by atoms with Crippen molar-refractivity contribution < 1.29 is 9.84 Å². The first-order valence-corrected chi connectivity index (χ1v) is 7.54. The summed E-state index contributed by atoms with van der Waals surface area (Å²) in [5.74, 6) is 1.53. The summed E-state index contributed by atoms with van der Waals surface area (Å²) in [4.78, 5) is 13.1. The summed E-state index contributed by atoms with van der Waals surface area (Å²) < 4.78 is 5.23. The first-order valence-electron chi connectivity index (χ1n) is 7.54. The normalized spacial score (nSPS) is 10.6. The van der Waals surface area contributed by atoms with E-state index in [1.54, 1.807) is 12.4 Å². The number of aliphatic hydroxyl groups is 1. The van der Waals surface area contributed by atoms with Crippen LogP contribution < -0.4 is 5.32 Å². The van der Waals surface area contributed by atoms with Crippen molar-refractivity contribution in [1.82, 2.24) is 15.0 Å². The molecule has 118 valence electrons. The van der Waals surface area contributed by atoms with Gasteiger partial charge in [-0.25, -0.2) is 9.97 Å². The number of nitrogens with zero attached hydrogens (tertiary/aromatic N) is 3. The minimum Gasteiger partial charge on any atom is -0.394 e. The van der Waals surface area contributed by atoms with Crippen LogP contribution >= 0.6 is 0 Å². The van der Waals surface area contributed by atoms with Crippen molar-refractivity contribution in [1.29, 1.82) is 0 Å². The van der Waals surface area contributed by atoms with Crippen molar-refractivity contribution in [2.24, 2.45) is 0 Å². The van der Waals surface area contributed by atoms with Gasteiger partial charge in [0, 0.05) is 42.9 Å². The Morgan fingerprint density at radius 2 is 2.00 bits per heavy atom.